The van der Waals surface area contributed by atoms with Crippen molar-refractivity contribution in [1.82, 2.24) is 4.98 Å². The second-order valence-corrected chi connectivity index (χ2v) is 3.46. The van der Waals surface area contributed by atoms with E-state index in [0.717, 1.165) is 12.0 Å². The Morgan fingerprint density at radius 1 is 1.53 bits per heavy atom. The number of nitrogens with zero attached hydrogens (tertiary/aromatic N) is 1. The number of rotatable bonds is 3. The number of oxazole rings is 1. The number of alkyl halides is 1. The Kier molecular flexibility index (Phi) is 2.73. The van der Waals surface area contributed by atoms with Crippen LogP contribution >= 0.6 is 11.6 Å². The molecule has 0 N–H and O–H groups in total. The first-order valence-electron chi connectivity index (χ1n) is 4.74. The van der Waals surface area contributed by atoms with Gasteiger partial charge < -0.3 is 4.42 Å². The summed E-state index contributed by atoms with van der Waals surface area (Å²) in [6, 6.07) is 5.68. The smallest absolute Gasteiger partial charge is 0.265 e. The molecule has 0 spiro atoms. The molecule has 1 heterocycles. The first kappa shape index (κ1) is 10.2. The van der Waals surface area contributed by atoms with Crippen molar-refractivity contribution in [2.45, 2.75) is 13.3 Å². The van der Waals surface area contributed by atoms with Gasteiger partial charge in [-0.1, -0.05) is 19.1 Å². The number of halogens is 1. The quantitative estimate of drug-likeness (QED) is 0.594. The molecular formula is C11H10ClNO2. The standard InChI is InChI=1S/C11H10ClNO2/c1-2-7-4-3-5-8-10(7)15-11(13-8)9(14)6-12/h3-5H,2,6H2,1H3. The number of benzene rings is 1. The molecule has 0 unspecified atom stereocenters. The third-order valence-electron chi connectivity index (χ3n) is 2.24. The number of hydrogen-bond donors (Lipinski definition) is 0. The Labute approximate surface area is 92.1 Å². The fourth-order valence-electron chi connectivity index (χ4n) is 1.46. The molecule has 1 aromatic carbocycles. The molecule has 1 aromatic heterocycles. The van der Waals surface area contributed by atoms with E-state index in [1.54, 1.807) is 0 Å². The number of carbonyl (C=O) groups is 1. The van der Waals surface area contributed by atoms with Crippen molar-refractivity contribution >= 4 is 28.5 Å². The van der Waals surface area contributed by atoms with E-state index in [4.69, 9.17) is 16.0 Å². The van der Waals surface area contributed by atoms with E-state index in [-0.39, 0.29) is 17.6 Å². The topological polar surface area (TPSA) is 43.1 Å². The highest BCUT2D eigenvalue weighted by Gasteiger charge is 2.14. The summed E-state index contributed by atoms with van der Waals surface area (Å²) in [5.74, 6) is -0.287. The lowest BCUT2D eigenvalue weighted by molar-refractivity contribution is 0.0986. The molecule has 0 bridgehead atoms. The Bertz CT molecular complexity index is 504. The van der Waals surface area contributed by atoms with Crippen molar-refractivity contribution in [3.8, 4) is 0 Å². The first-order valence-corrected chi connectivity index (χ1v) is 5.27. The summed E-state index contributed by atoms with van der Waals surface area (Å²) in [5.41, 5.74) is 2.45. The molecule has 0 atom stereocenters. The number of aromatic nitrogens is 1. The summed E-state index contributed by atoms with van der Waals surface area (Å²) in [5, 5.41) is 0. The third kappa shape index (κ3) is 1.75. The molecule has 4 heteroatoms. The van der Waals surface area contributed by atoms with Gasteiger partial charge in [0.2, 0.25) is 5.78 Å². The third-order valence-corrected chi connectivity index (χ3v) is 2.48. The van der Waals surface area contributed by atoms with Crippen LogP contribution in [-0.4, -0.2) is 16.6 Å². The lowest BCUT2D eigenvalue weighted by Crippen LogP contribution is -1.99. The molecule has 78 valence electrons. The normalized spacial score (nSPS) is 10.8. The Morgan fingerprint density at radius 3 is 3.00 bits per heavy atom. The molecule has 15 heavy (non-hydrogen) atoms. The van der Waals surface area contributed by atoms with Crippen LogP contribution in [0.1, 0.15) is 23.2 Å². The highest BCUT2D eigenvalue weighted by atomic mass is 35.5. The summed E-state index contributed by atoms with van der Waals surface area (Å²) in [4.78, 5) is 15.4. The Balaban J connectivity index is 2.60. The predicted octanol–water partition coefficient (Wildman–Crippen LogP) is 2.81. The molecule has 0 saturated carbocycles. The van der Waals surface area contributed by atoms with Crippen molar-refractivity contribution in [1.29, 1.82) is 0 Å². The molecule has 3 nitrogen and oxygen atoms in total. The van der Waals surface area contributed by atoms with Gasteiger partial charge in [0, 0.05) is 0 Å². The Hall–Kier alpha value is -1.35. The molecule has 0 saturated heterocycles. The number of ketones is 1. The van der Waals surface area contributed by atoms with Crippen LogP contribution in [0, 0.1) is 0 Å². The summed E-state index contributed by atoms with van der Waals surface area (Å²) in [6.07, 6.45) is 0.848. The van der Waals surface area contributed by atoms with E-state index >= 15 is 0 Å². The van der Waals surface area contributed by atoms with Crippen molar-refractivity contribution in [3.05, 3.63) is 29.7 Å². The molecule has 0 aliphatic carbocycles. The van der Waals surface area contributed by atoms with Gasteiger partial charge in [-0.3, -0.25) is 4.79 Å². The fourth-order valence-corrected chi connectivity index (χ4v) is 1.58. The van der Waals surface area contributed by atoms with E-state index in [1.807, 2.05) is 25.1 Å². The lowest BCUT2D eigenvalue weighted by Gasteiger charge is -1.94. The zero-order valence-corrected chi connectivity index (χ0v) is 9.04. The molecule has 2 aromatic rings. The average molecular weight is 224 g/mol. The monoisotopic (exact) mass is 223 g/mol. The van der Waals surface area contributed by atoms with Crippen LogP contribution in [0.2, 0.25) is 0 Å². The van der Waals surface area contributed by atoms with Crippen molar-refractivity contribution in [2.75, 3.05) is 5.88 Å². The van der Waals surface area contributed by atoms with Gasteiger partial charge in [0.05, 0.1) is 5.88 Å². The van der Waals surface area contributed by atoms with Gasteiger partial charge in [0.25, 0.3) is 5.89 Å². The van der Waals surface area contributed by atoms with Gasteiger partial charge >= 0.3 is 0 Å². The van der Waals surface area contributed by atoms with Gasteiger partial charge in [-0.05, 0) is 18.1 Å². The van der Waals surface area contributed by atoms with Gasteiger partial charge in [0.15, 0.2) is 5.58 Å². The van der Waals surface area contributed by atoms with Crippen LogP contribution < -0.4 is 0 Å². The van der Waals surface area contributed by atoms with E-state index < -0.39 is 0 Å². The molecule has 0 aliphatic rings. The van der Waals surface area contributed by atoms with Gasteiger partial charge in [-0.25, -0.2) is 4.98 Å². The summed E-state index contributed by atoms with van der Waals surface area (Å²) in [6.45, 7) is 2.03. The number of fused-ring (bicyclic) bond motifs is 1. The highest BCUT2D eigenvalue weighted by Crippen LogP contribution is 2.20. The minimum atomic E-state index is -0.282. The predicted molar refractivity (Wildman–Crippen MR) is 58.4 cm³/mol. The zero-order chi connectivity index (χ0) is 10.8. The SMILES string of the molecule is CCc1cccc2nc(C(=O)CCl)oc12. The molecule has 2 rings (SSSR count). The maximum absolute atomic E-state index is 11.3. The minimum absolute atomic E-state index is 0.0981. The largest absolute Gasteiger partial charge is 0.433 e. The van der Waals surface area contributed by atoms with Crippen LogP contribution in [0.3, 0.4) is 0 Å². The average Bonchev–Trinajstić information content (AvgIpc) is 2.71. The van der Waals surface area contributed by atoms with Gasteiger partial charge in [-0.2, -0.15) is 0 Å². The molecular weight excluding hydrogens is 214 g/mol. The molecule has 0 fully saturated rings. The number of hydrogen-bond acceptors (Lipinski definition) is 3. The van der Waals surface area contributed by atoms with Crippen LogP contribution in [0.15, 0.2) is 22.6 Å². The van der Waals surface area contributed by atoms with Gasteiger partial charge in [0.1, 0.15) is 5.52 Å². The van der Waals surface area contributed by atoms with Crippen molar-refractivity contribution in [3.63, 3.8) is 0 Å². The van der Waals surface area contributed by atoms with Crippen LogP contribution in [0.25, 0.3) is 11.1 Å². The molecule has 0 aliphatic heterocycles. The lowest BCUT2D eigenvalue weighted by atomic mass is 10.1. The maximum atomic E-state index is 11.3. The minimum Gasteiger partial charge on any atom is -0.433 e. The Morgan fingerprint density at radius 2 is 2.33 bits per heavy atom. The molecule has 0 amide bonds. The number of carbonyl (C=O) groups excluding carboxylic acids is 1. The number of aryl methyl sites for hydroxylation is 1. The first-order chi connectivity index (χ1) is 7.26. The summed E-state index contributed by atoms with van der Waals surface area (Å²) < 4.78 is 5.40. The van der Waals surface area contributed by atoms with Crippen LogP contribution in [0.4, 0.5) is 0 Å². The number of para-hydroxylation sites is 1. The highest BCUT2D eigenvalue weighted by molar-refractivity contribution is 6.29. The summed E-state index contributed by atoms with van der Waals surface area (Å²) in [7, 11) is 0. The van der Waals surface area contributed by atoms with E-state index in [2.05, 4.69) is 4.98 Å². The van der Waals surface area contributed by atoms with E-state index in [9.17, 15) is 4.79 Å². The van der Waals surface area contributed by atoms with Crippen LogP contribution in [-0.2, 0) is 6.42 Å². The molecule has 0 radical (unpaired) electrons. The van der Waals surface area contributed by atoms with Gasteiger partial charge in [-0.15, -0.1) is 11.6 Å². The van der Waals surface area contributed by atoms with Crippen molar-refractivity contribution in [2.24, 2.45) is 0 Å². The van der Waals surface area contributed by atoms with Crippen LogP contribution in [0.5, 0.6) is 0 Å². The number of Topliss-reactive ketones (excluding diaryl/α,β-unsaturated/α-hetero) is 1. The fraction of sp³-hybridized carbons (Fsp3) is 0.273. The summed E-state index contributed by atoms with van der Waals surface area (Å²) >= 11 is 5.44. The maximum Gasteiger partial charge on any atom is 0.265 e. The second kappa shape index (κ2) is 4.03. The second-order valence-electron chi connectivity index (χ2n) is 3.19. The van der Waals surface area contributed by atoms with E-state index in [0.29, 0.717) is 11.1 Å². The van der Waals surface area contributed by atoms with E-state index in [1.165, 1.54) is 0 Å². The van der Waals surface area contributed by atoms with Crippen molar-refractivity contribution < 1.29 is 9.21 Å². The zero-order valence-electron chi connectivity index (χ0n) is 8.29.